The van der Waals surface area contributed by atoms with Gasteiger partial charge in [-0.2, -0.15) is 17.0 Å². The minimum absolute atomic E-state index is 0.139. The van der Waals surface area contributed by atoms with Crippen molar-refractivity contribution in [3.8, 4) is 0 Å². The Hall–Kier alpha value is -1.06. The van der Waals surface area contributed by atoms with Gasteiger partial charge in [-0.3, -0.25) is 0 Å². The van der Waals surface area contributed by atoms with Crippen LogP contribution in [0.4, 0.5) is 0 Å². The van der Waals surface area contributed by atoms with Gasteiger partial charge < -0.3 is 4.74 Å². The average molecular weight is 353 g/mol. The SMILES string of the molecule is O=S(=O)(N1CCOCC1)N1CCCC1c1nc2ccccc2s1. The highest BCUT2D eigenvalue weighted by Crippen LogP contribution is 2.38. The molecule has 0 spiro atoms. The van der Waals surface area contributed by atoms with Gasteiger partial charge in [0.2, 0.25) is 0 Å². The lowest BCUT2D eigenvalue weighted by Gasteiger charge is -2.32. The van der Waals surface area contributed by atoms with E-state index in [0.717, 1.165) is 28.1 Å². The Balaban J connectivity index is 1.65. The summed E-state index contributed by atoms with van der Waals surface area (Å²) in [5, 5.41) is 0.903. The lowest BCUT2D eigenvalue weighted by Crippen LogP contribution is -2.48. The van der Waals surface area contributed by atoms with E-state index < -0.39 is 10.2 Å². The van der Waals surface area contributed by atoms with Crippen molar-refractivity contribution in [1.82, 2.24) is 13.6 Å². The maximum Gasteiger partial charge on any atom is 0.282 e. The molecule has 6 nitrogen and oxygen atoms in total. The molecule has 0 radical (unpaired) electrons. The highest BCUT2D eigenvalue weighted by Gasteiger charge is 2.40. The summed E-state index contributed by atoms with van der Waals surface area (Å²) in [7, 11) is -3.44. The fourth-order valence-electron chi connectivity index (χ4n) is 3.22. The average Bonchev–Trinajstić information content (AvgIpc) is 3.22. The minimum atomic E-state index is -3.44. The van der Waals surface area contributed by atoms with Crippen molar-refractivity contribution in [3.05, 3.63) is 29.3 Å². The first-order chi connectivity index (χ1) is 11.2. The second-order valence-electron chi connectivity index (χ2n) is 5.81. The van der Waals surface area contributed by atoms with E-state index in [1.165, 1.54) is 0 Å². The Morgan fingerprint density at radius 1 is 1.17 bits per heavy atom. The van der Waals surface area contributed by atoms with Gasteiger partial charge in [-0.15, -0.1) is 11.3 Å². The van der Waals surface area contributed by atoms with Crippen LogP contribution < -0.4 is 0 Å². The molecule has 1 unspecified atom stereocenters. The van der Waals surface area contributed by atoms with E-state index in [1.54, 1.807) is 19.9 Å². The first-order valence-corrected chi connectivity index (χ1v) is 10.1. The zero-order chi connectivity index (χ0) is 15.9. The van der Waals surface area contributed by atoms with Crippen LogP contribution in [-0.2, 0) is 14.9 Å². The third-order valence-corrected chi connectivity index (χ3v) is 7.58. The molecule has 1 aromatic carbocycles. The summed E-state index contributed by atoms with van der Waals surface area (Å²) >= 11 is 1.60. The Bertz CT molecular complexity index is 766. The highest BCUT2D eigenvalue weighted by molar-refractivity contribution is 7.86. The van der Waals surface area contributed by atoms with Crippen LogP contribution >= 0.6 is 11.3 Å². The van der Waals surface area contributed by atoms with Crippen LogP contribution in [0.15, 0.2) is 24.3 Å². The molecule has 2 aliphatic heterocycles. The summed E-state index contributed by atoms with van der Waals surface area (Å²) in [6.45, 7) is 2.38. The molecule has 0 aliphatic carbocycles. The number of hydrogen-bond acceptors (Lipinski definition) is 5. The quantitative estimate of drug-likeness (QED) is 0.847. The highest BCUT2D eigenvalue weighted by atomic mass is 32.2. The largest absolute Gasteiger partial charge is 0.379 e. The fraction of sp³-hybridized carbons (Fsp3) is 0.533. The Morgan fingerprint density at radius 3 is 2.74 bits per heavy atom. The number of aromatic nitrogens is 1. The summed E-state index contributed by atoms with van der Waals surface area (Å²) < 4.78 is 35.5. The van der Waals surface area contributed by atoms with Gasteiger partial charge in [-0.25, -0.2) is 4.98 Å². The summed E-state index contributed by atoms with van der Waals surface area (Å²) in [5.41, 5.74) is 0.947. The molecule has 2 aliphatic rings. The van der Waals surface area contributed by atoms with Crippen LogP contribution in [0.2, 0.25) is 0 Å². The number of morpholine rings is 1. The Kier molecular flexibility index (Phi) is 4.10. The van der Waals surface area contributed by atoms with Crippen LogP contribution in [0, 0.1) is 0 Å². The fourth-order valence-corrected chi connectivity index (χ4v) is 6.20. The van der Waals surface area contributed by atoms with Gasteiger partial charge in [0.1, 0.15) is 5.01 Å². The standard InChI is InChI=1S/C15H19N3O3S2/c19-23(20,17-8-10-21-11-9-17)18-7-3-5-13(18)15-16-12-4-1-2-6-14(12)22-15/h1-2,4,6,13H,3,5,7-11H2. The summed E-state index contributed by atoms with van der Waals surface area (Å²) in [5.74, 6) is 0. The molecule has 0 amide bonds. The normalized spacial score (nSPS) is 24.4. The van der Waals surface area contributed by atoms with Crippen LogP contribution in [0.1, 0.15) is 23.9 Å². The molecule has 1 aromatic heterocycles. The molecule has 1 atom stereocenters. The molecular weight excluding hydrogens is 334 g/mol. The molecule has 2 fully saturated rings. The van der Waals surface area contributed by atoms with Crippen molar-refractivity contribution in [2.75, 3.05) is 32.8 Å². The maximum absolute atomic E-state index is 13.0. The molecule has 4 rings (SSSR count). The molecule has 2 saturated heterocycles. The van der Waals surface area contributed by atoms with Crippen molar-refractivity contribution in [1.29, 1.82) is 0 Å². The number of para-hydroxylation sites is 1. The van der Waals surface area contributed by atoms with Gasteiger partial charge in [0.15, 0.2) is 0 Å². The van der Waals surface area contributed by atoms with Crippen molar-refractivity contribution in [2.24, 2.45) is 0 Å². The number of hydrogen-bond donors (Lipinski definition) is 0. The van der Waals surface area contributed by atoms with E-state index in [-0.39, 0.29) is 6.04 Å². The van der Waals surface area contributed by atoms with Gasteiger partial charge in [0.25, 0.3) is 10.2 Å². The van der Waals surface area contributed by atoms with Crippen LogP contribution in [0.25, 0.3) is 10.2 Å². The number of benzene rings is 1. The molecule has 0 N–H and O–H groups in total. The summed E-state index contributed by atoms with van der Waals surface area (Å²) in [6.07, 6.45) is 1.72. The Morgan fingerprint density at radius 2 is 1.96 bits per heavy atom. The van der Waals surface area contributed by atoms with E-state index in [2.05, 4.69) is 4.98 Å². The second-order valence-corrected chi connectivity index (χ2v) is 8.75. The second kappa shape index (κ2) is 6.10. The maximum atomic E-state index is 13.0. The van der Waals surface area contributed by atoms with Crippen LogP contribution in [-0.4, -0.2) is 54.9 Å². The molecule has 0 bridgehead atoms. The van der Waals surface area contributed by atoms with E-state index in [1.807, 2.05) is 24.3 Å². The van der Waals surface area contributed by atoms with Crippen molar-refractivity contribution < 1.29 is 13.2 Å². The van der Waals surface area contributed by atoms with Crippen LogP contribution in [0.3, 0.4) is 0 Å². The van der Waals surface area contributed by atoms with E-state index in [0.29, 0.717) is 32.8 Å². The lowest BCUT2D eigenvalue weighted by molar-refractivity contribution is 0.0699. The summed E-state index contributed by atoms with van der Waals surface area (Å²) in [4.78, 5) is 4.67. The molecule has 3 heterocycles. The third-order valence-electron chi connectivity index (χ3n) is 4.39. The zero-order valence-corrected chi connectivity index (χ0v) is 14.4. The number of fused-ring (bicyclic) bond motifs is 1. The predicted molar refractivity (Wildman–Crippen MR) is 89.6 cm³/mol. The Labute approximate surface area is 139 Å². The van der Waals surface area contributed by atoms with Crippen molar-refractivity contribution >= 4 is 31.8 Å². The lowest BCUT2D eigenvalue weighted by atomic mass is 10.2. The third kappa shape index (κ3) is 2.78. The monoisotopic (exact) mass is 353 g/mol. The number of ether oxygens (including phenoxy) is 1. The van der Waals surface area contributed by atoms with Gasteiger partial charge in [-0.1, -0.05) is 12.1 Å². The van der Waals surface area contributed by atoms with Crippen molar-refractivity contribution in [3.63, 3.8) is 0 Å². The number of nitrogens with zero attached hydrogens (tertiary/aromatic N) is 3. The predicted octanol–water partition coefficient (Wildman–Crippen LogP) is 2.01. The first-order valence-electron chi connectivity index (χ1n) is 7.86. The van der Waals surface area contributed by atoms with Gasteiger partial charge in [0, 0.05) is 19.6 Å². The van der Waals surface area contributed by atoms with Crippen molar-refractivity contribution in [2.45, 2.75) is 18.9 Å². The molecule has 23 heavy (non-hydrogen) atoms. The minimum Gasteiger partial charge on any atom is -0.379 e. The summed E-state index contributed by atoms with van der Waals surface area (Å²) in [6, 6.07) is 7.82. The van der Waals surface area contributed by atoms with Crippen LogP contribution in [0.5, 0.6) is 0 Å². The molecule has 124 valence electrons. The molecule has 2 aromatic rings. The number of thiazole rings is 1. The van der Waals surface area contributed by atoms with E-state index in [4.69, 9.17) is 4.74 Å². The molecular formula is C15H19N3O3S2. The zero-order valence-electron chi connectivity index (χ0n) is 12.7. The van der Waals surface area contributed by atoms with Gasteiger partial charge >= 0.3 is 0 Å². The molecule has 8 heteroatoms. The topological polar surface area (TPSA) is 62.7 Å². The smallest absolute Gasteiger partial charge is 0.282 e. The molecule has 0 saturated carbocycles. The van der Waals surface area contributed by atoms with Gasteiger partial charge in [-0.05, 0) is 25.0 Å². The first kappa shape index (κ1) is 15.5. The number of rotatable bonds is 3. The van der Waals surface area contributed by atoms with E-state index in [9.17, 15) is 8.42 Å². The van der Waals surface area contributed by atoms with Gasteiger partial charge in [0.05, 0.1) is 29.5 Å². The van der Waals surface area contributed by atoms with E-state index >= 15 is 0 Å².